The first kappa shape index (κ1) is 16.7. The van der Waals surface area contributed by atoms with Gasteiger partial charge in [0.2, 0.25) is 0 Å². The van der Waals surface area contributed by atoms with Gasteiger partial charge in [-0.25, -0.2) is 0 Å². The van der Waals surface area contributed by atoms with Gasteiger partial charge < -0.3 is 14.4 Å². The fourth-order valence-corrected chi connectivity index (χ4v) is 4.43. The number of hydrogen-bond donors (Lipinski definition) is 0. The van der Waals surface area contributed by atoms with E-state index < -0.39 is 0 Å². The number of thiophene rings is 1. The molecular weight excluding hydrogens is 336 g/mol. The number of aryl methyl sites for hydroxylation is 1. The third kappa shape index (κ3) is 3.34. The van der Waals surface area contributed by atoms with Crippen LogP contribution in [-0.4, -0.2) is 48.7 Å². The van der Waals surface area contributed by atoms with Crippen molar-refractivity contribution in [2.75, 3.05) is 32.9 Å². The molecule has 0 radical (unpaired) electrons. The Morgan fingerprint density at radius 3 is 3.20 bits per heavy atom. The lowest BCUT2D eigenvalue weighted by atomic mass is 9.82. The average Bonchev–Trinajstić information content (AvgIpc) is 3.30. The molecule has 0 aromatic carbocycles. The summed E-state index contributed by atoms with van der Waals surface area (Å²) in [6, 6.07) is 7.85. The average molecular weight is 358 g/mol. The zero-order chi connectivity index (χ0) is 17.3. The van der Waals surface area contributed by atoms with E-state index in [0.717, 1.165) is 23.5 Å². The Hall–Kier alpha value is -1.76. The van der Waals surface area contributed by atoms with Crippen molar-refractivity contribution in [2.24, 2.45) is 11.3 Å². The number of amides is 1. The molecule has 6 heteroatoms. The van der Waals surface area contributed by atoms with Crippen LogP contribution in [-0.2, 0) is 16.1 Å². The molecule has 2 aliphatic heterocycles. The molecule has 0 aliphatic carbocycles. The van der Waals surface area contributed by atoms with E-state index in [9.17, 15) is 4.79 Å². The van der Waals surface area contributed by atoms with E-state index in [1.807, 2.05) is 46.8 Å². The van der Waals surface area contributed by atoms with Gasteiger partial charge in [-0.15, -0.1) is 0 Å². The third-order valence-electron chi connectivity index (χ3n) is 5.16. The molecule has 2 saturated heterocycles. The molecule has 2 fully saturated rings. The number of aromatic nitrogens is 1. The third-order valence-corrected chi connectivity index (χ3v) is 5.85. The smallest absolute Gasteiger partial charge is 0.254 e. The summed E-state index contributed by atoms with van der Waals surface area (Å²) in [7, 11) is 0. The Labute approximate surface area is 151 Å². The van der Waals surface area contributed by atoms with Crippen LogP contribution in [0.2, 0.25) is 0 Å². The molecule has 25 heavy (non-hydrogen) atoms. The van der Waals surface area contributed by atoms with Gasteiger partial charge in [-0.3, -0.25) is 9.78 Å². The van der Waals surface area contributed by atoms with Crippen LogP contribution in [0.15, 0.2) is 35.0 Å². The van der Waals surface area contributed by atoms with Gasteiger partial charge in [-0.05, 0) is 30.5 Å². The molecule has 5 nitrogen and oxygen atoms in total. The predicted octanol–water partition coefficient (Wildman–Crippen LogP) is 2.76. The van der Waals surface area contributed by atoms with Crippen molar-refractivity contribution >= 4 is 17.2 Å². The van der Waals surface area contributed by atoms with Gasteiger partial charge >= 0.3 is 0 Å². The van der Waals surface area contributed by atoms with Gasteiger partial charge in [-0.1, -0.05) is 6.07 Å². The summed E-state index contributed by atoms with van der Waals surface area (Å²) in [6.45, 7) is 5.89. The molecule has 0 bridgehead atoms. The molecule has 2 aromatic heterocycles. The SMILES string of the molecule is Cc1cccc(COC[C@@]23COC[C@@H]2CN(C(=O)c2ccsc2)C3)n1. The largest absolute Gasteiger partial charge is 0.380 e. The van der Waals surface area contributed by atoms with Gasteiger partial charge in [0.05, 0.1) is 37.7 Å². The monoisotopic (exact) mass is 358 g/mol. The molecule has 0 N–H and O–H groups in total. The Morgan fingerprint density at radius 1 is 1.48 bits per heavy atom. The van der Waals surface area contributed by atoms with E-state index >= 15 is 0 Å². The fourth-order valence-electron chi connectivity index (χ4n) is 3.80. The maximum absolute atomic E-state index is 12.7. The van der Waals surface area contributed by atoms with Crippen LogP contribution in [0, 0.1) is 18.3 Å². The summed E-state index contributed by atoms with van der Waals surface area (Å²) >= 11 is 1.56. The zero-order valence-corrected chi connectivity index (χ0v) is 15.1. The normalized spacial score (nSPS) is 25.3. The molecule has 1 amide bonds. The second-order valence-corrected chi connectivity index (χ2v) is 7.82. The van der Waals surface area contributed by atoms with E-state index in [2.05, 4.69) is 4.98 Å². The Morgan fingerprint density at radius 2 is 2.40 bits per heavy atom. The van der Waals surface area contributed by atoms with Gasteiger partial charge in [0.15, 0.2) is 0 Å². The van der Waals surface area contributed by atoms with Gasteiger partial charge in [0, 0.05) is 35.5 Å². The lowest BCUT2D eigenvalue weighted by Gasteiger charge is -2.26. The summed E-state index contributed by atoms with van der Waals surface area (Å²) in [5.74, 6) is 0.468. The van der Waals surface area contributed by atoms with Crippen molar-refractivity contribution in [2.45, 2.75) is 13.5 Å². The highest BCUT2D eigenvalue weighted by Gasteiger charge is 2.52. The second kappa shape index (κ2) is 6.86. The molecule has 0 unspecified atom stereocenters. The molecule has 132 valence electrons. The molecule has 2 atom stereocenters. The maximum Gasteiger partial charge on any atom is 0.254 e. The number of hydrogen-bond acceptors (Lipinski definition) is 5. The highest BCUT2D eigenvalue weighted by atomic mass is 32.1. The zero-order valence-electron chi connectivity index (χ0n) is 14.3. The lowest BCUT2D eigenvalue weighted by Crippen LogP contribution is -2.37. The molecular formula is C19H22N2O3S. The minimum Gasteiger partial charge on any atom is -0.380 e. The van der Waals surface area contributed by atoms with Crippen LogP contribution < -0.4 is 0 Å². The minimum absolute atomic E-state index is 0.0878. The first-order valence-electron chi connectivity index (χ1n) is 8.56. The van der Waals surface area contributed by atoms with E-state index in [1.165, 1.54) is 0 Å². The molecule has 2 aliphatic rings. The molecule has 4 heterocycles. The number of carbonyl (C=O) groups is 1. The van der Waals surface area contributed by atoms with Crippen molar-refractivity contribution in [1.82, 2.24) is 9.88 Å². The number of fused-ring (bicyclic) bond motifs is 1. The highest BCUT2D eigenvalue weighted by molar-refractivity contribution is 7.08. The van der Waals surface area contributed by atoms with Crippen LogP contribution in [0.25, 0.3) is 0 Å². The van der Waals surface area contributed by atoms with Gasteiger partial charge in [0.1, 0.15) is 0 Å². The van der Waals surface area contributed by atoms with E-state index in [4.69, 9.17) is 9.47 Å². The first-order valence-corrected chi connectivity index (χ1v) is 9.50. The second-order valence-electron chi connectivity index (χ2n) is 7.04. The lowest BCUT2D eigenvalue weighted by molar-refractivity contribution is 0.0175. The van der Waals surface area contributed by atoms with Gasteiger partial charge in [-0.2, -0.15) is 11.3 Å². The Kier molecular flexibility index (Phi) is 4.58. The summed E-state index contributed by atoms with van der Waals surface area (Å²) < 4.78 is 11.7. The summed E-state index contributed by atoms with van der Waals surface area (Å²) in [5, 5.41) is 3.86. The summed E-state index contributed by atoms with van der Waals surface area (Å²) in [4.78, 5) is 19.1. The quantitative estimate of drug-likeness (QED) is 0.825. The number of carbonyl (C=O) groups excluding carboxylic acids is 1. The number of likely N-dealkylation sites (tertiary alicyclic amines) is 1. The van der Waals surface area contributed by atoms with Crippen molar-refractivity contribution in [1.29, 1.82) is 0 Å². The van der Waals surface area contributed by atoms with Crippen molar-refractivity contribution in [3.8, 4) is 0 Å². The molecule has 4 rings (SSSR count). The van der Waals surface area contributed by atoms with Gasteiger partial charge in [0.25, 0.3) is 5.91 Å². The number of pyridine rings is 1. The molecule has 0 saturated carbocycles. The van der Waals surface area contributed by atoms with Crippen LogP contribution in [0.3, 0.4) is 0 Å². The standard InChI is InChI=1S/C19H22N2O3S/c1-14-3-2-4-17(20-14)9-24-13-19-11-21(7-16(19)8-23-12-19)18(22)15-5-6-25-10-15/h2-6,10,16H,7-9,11-13H2,1H3/t16-,19+/m0/s1. The van der Waals surface area contributed by atoms with Crippen LogP contribution >= 0.6 is 11.3 Å². The Bertz CT molecular complexity index is 749. The Balaban J connectivity index is 1.40. The topological polar surface area (TPSA) is 51.7 Å². The summed E-state index contributed by atoms with van der Waals surface area (Å²) in [6.07, 6.45) is 0. The highest BCUT2D eigenvalue weighted by Crippen LogP contribution is 2.42. The van der Waals surface area contributed by atoms with Crippen LogP contribution in [0.5, 0.6) is 0 Å². The number of rotatable bonds is 5. The maximum atomic E-state index is 12.7. The fraction of sp³-hybridized carbons (Fsp3) is 0.474. The number of nitrogens with zero attached hydrogens (tertiary/aromatic N) is 2. The van der Waals surface area contributed by atoms with Crippen molar-refractivity contribution in [3.63, 3.8) is 0 Å². The van der Waals surface area contributed by atoms with E-state index in [-0.39, 0.29) is 11.3 Å². The molecule has 2 aromatic rings. The van der Waals surface area contributed by atoms with E-state index in [0.29, 0.717) is 38.9 Å². The van der Waals surface area contributed by atoms with Crippen LogP contribution in [0.1, 0.15) is 21.7 Å². The minimum atomic E-state index is -0.0878. The summed E-state index contributed by atoms with van der Waals surface area (Å²) in [5.41, 5.74) is 2.63. The van der Waals surface area contributed by atoms with Crippen molar-refractivity contribution < 1.29 is 14.3 Å². The first-order chi connectivity index (χ1) is 12.2. The van der Waals surface area contributed by atoms with Crippen LogP contribution in [0.4, 0.5) is 0 Å². The van der Waals surface area contributed by atoms with E-state index in [1.54, 1.807) is 11.3 Å². The molecule has 0 spiro atoms. The van der Waals surface area contributed by atoms with Crippen molar-refractivity contribution in [3.05, 3.63) is 52.0 Å². The number of ether oxygens (including phenoxy) is 2. The predicted molar refractivity (Wildman–Crippen MR) is 95.6 cm³/mol.